The van der Waals surface area contributed by atoms with Crippen molar-refractivity contribution in [3.05, 3.63) is 0 Å². The molecule has 0 aromatic carbocycles. The zero-order valence-corrected chi connectivity index (χ0v) is 12.4. The molecular formula is C13H20O11. The van der Waals surface area contributed by atoms with Gasteiger partial charge in [0.1, 0.15) is 36.6 Å². The fourth-order valence-electron chi connectivity index (χ4n) is 3.41. The highest BCUT2D eigenvalue weighted by molar-refractivity contribution is 5.91. The van der Waals surface area contributed by atoms with E-state index in [1.165, 1.54) is 0 Å². The standard InChI is InChI=1S/C13H20O11/c14-1-4-7(16)9(18)8(17)5(3-22-4)24-13-6(2-15)23-11(20)12(13,21)10(13)19/h4-10,14-19,21H,1-3H2. The van der Waals surface area contributed by atoms with Gasteiger partial charge in [-0.3, -0.25) is 0 Å². The maximum atomic E-state index is 11.7. The molecule has 9 atom stereocenters. The van der Waals surface area contributed by atoms with E-state index in [0.29, 0.717) is 0 Å². The van der Waals surface area contributed by atoms with E-state index in [4.69, 9.17) is 19.3 Å². The van der Waals surface area contributed by atoms with Crippen LogP contribution in [0.4, 0.5) is 0 Å². The largest absolute Gasteiger partial charge is 0.454 e. The lowest BCUT2D eigenvalue weighted by molar-refractivity contribution is -0.179. The Morgan fingerprint density at radius 3 is 2.29 bits per heavy atom. The Balaban J connectivity index is 1.84. The van der Waals surface area contributed by atoms with Crippen LogP contribution in [0.1, 0.15) is 0 Å². The van der Waals surface area contributed by atoms with E-state index in [9.17, 15) is 35.4 Å². The molecule has 3 aliphatic rings. The van der Waals surface area contributed by atoms with E-state index in [0.717, 1.165) is 0 Å². The average molecular weight is 352 g/mol. The minimum absolute atomic E-state index is 0.419. The Morgan fingerprint density at radius 2 is 1.75 bits per heavy atom. The molecular weight excluding hydrogens is 332 g/mol. The minimum atomic E-state index is -2.40. The number of hydrogen-bond acceptors (Lipinski definition) is 11. The summed E-state index contributed by atoms with van der Waals surface area (Å²) in [4.78, 5) is 11.7. The van der Waals surface area contributed by atoms with Crippen LogP contribution in [0.3, 0.4) is 0 Å². The van der Waals surface area contributed by atoms with Crippen molar-refractivity contribution in [3.8, 4) is 0 Å². The highest BCUT2D eigenvalue weighted by Gasteiger charge is 2.91. The van der Waals surface area contributed by atoms with E-state index in [1.54, 1.807) is 0 Å². The van der Waals surface area contributed by atoms with Crippen molar-refractivity contribution >= 4 is 5.97 Å². The third-order valence-electron chi connectivity index (χ3n) is 4.98. The summed E-state index contributed by atoms with van der Waals surface area (Å²) in [5.41, 5.74) is -4.41. The third kappa shape index (κ3) is 2.08. The van der Waals surface area contributed by atoms with Crippen LogP contribution < -0.4 is 0 Å². The van der Waals surface area contributed by atoms with Crippen LogP contribution in [0.15, 0.2) is 0 Å². The number of carbonyl (C=O) groups excluding carboxylic acids is 1. The monoisotopic (exact) mass is 352 g/mol. The molecule has 11 heteroatoms. The summed E-state index contributed by atoms with van der Waals surface area (Å²) in [5.74, 6) is -1.17. The van der Waals surface area contributed by atoms with Gasteiger partial charge in [0, 0.05) is 0 Å². The molecule has 0 aromatic heterocycles. The number of aliphatic hydroxyl groups excluding tert-OH is 6. The van der Waals surface area contributed by atoms with E-state index in [2.05, 4.69) is 0 Å². The SMILES string of the molecule is O=C1OC(CO)C2(OC3COC(CO)C(O)C(O)C3O)C(O)C12O. The number of cyclic esters (lactones) is 1. The van der Waals surface area contributed by atoms with Gasteiger partial charge >= 0.3 is 5.97 Å². The number of esters is 1. The number of aliphatic hydroxyl groups is 7. The van der Waals surface area contributed by atoms with Gasteiger partial charge < -0.3 is 50.0 Å². The molecule has 3 fully saturated rings. The zero-order chi connectivity index (χ0) is 17.9. The van der Waals surface area contributed by atoms with E-state index in [1.807, 2.05) is 0 Å². The second-order valence-corrected chi connectivity index (χ2v) is 6.22. The van der Waals surface area contributed by atoms with E-state index < -0.39 is 79.7 Å². The lowest BCUT2D eigenvalue weighted by atomic mass is 10.0. The average Bonchev–Trinajstić information content (AvgIpc) is 2.98. The van der Waals surface area contributed by atoms with Gasteiger partial charge in [0.25, 0.3) is 0 Å². The summed E-state index contributed by atoms with van der Waals surface area (Å²) in [6.07, 6.45) is -10.7. The second-order valence-electron chi connectivity index (χ2n) is 6.22. The number of hydrogen-bond donors (Lipinski definition) is 7. The van der Waals surface area contributed by atoms with Crippen molar-refractivity contribution in [1.29, 1.82) is 0 Å². The zero-order valence-electron chi connectivity index (χ0n) is 12.4. The fourth-order valence-corrected chi connectivity index (χ4v) is 3.41. The van der Waals surface area contributed by atoms with Crippen molar-refractivity contribution in [1.82, 2.24) is 0 Å². The quantitative estimate of drug-likeness (QED) is 0.239. The van der Waals surface area contributed by atoms with Gasteiger partial charge in [-0.15, -0.1) is 0 Å². The molecule has 138 valence electrons. The predicted molar refractivity (Wildman–Crippen MR) is 70.4 cm³/mol. The molecule has 0 spiro atoms. The Bertz CT molecular complexity index is 514. The first-order valence-corrected chi connectivity index (χ1v) is 7.42. The highest BCUT2D eigenvalue weighted by atomic mass is 16.7. The van der Waals surface area contributed by atoms with Crippen LogP contribution >= 0.6 is 0 Å². The molecule has 1 aliphatic carbocycles. The molecule has 1 saturated carbocycles. The maximum absolute atomic E-state index is 11.7. The first kappa shape index (κ1) is 17.9. The molecule has 9 unspecified atom stereocenters. The predicted octanol–water partition coefficient (Wildman–Crippen LogP) is -5.39. The van der Waals surface area contributed by atoms with Crippen molar-refractivity contribution in [2.24, 2.45) is 0 Å². The molecule has 2 saturated heterocycles. The van der Waals surface area contributed by atoms with Crippen LogP contribution in [-0.2, 0) is 19.0 Å². The van der Waals surface area contributed by atoms with E-state index in [-0.39, 0.29) is 0 Å². The van der Waals surface area contributed by atoms with Gasteiger partial charge in [-0.05, 0) is 0 Å². The summed E-state index contributed by atoms with van der Waals surface area (Å²) in [5, 5.41) is 68.5. The van der Waals surface area contributed by atoms with Crippen molar-refractivity contribution < 1.29 is 54.8 Å². The third-order valence-corrected chi connectivity index (χ3v) is 4.98. The molecule has 0 bridgehead atoms. The normalized spacial score (nSPS) is 54.1. The topological polar surface area (TPSA) is 186 Å². The van der Waals surface area contributed by atoms with Gasteiger partial charge in [0.15, 0.2) is 11.7 Å². The Labute approximate surface area is 135 Å². The Morgan fingerprint density at radius 1 is 1.08 bits per heavy atom. The second kappa shape index (κ2) is 5.83. The lowest BCUT2D eigenvalue weighted by Gasteiger charge is -2.30. The molecule has 2 aliphatic heterocycles. The van der Waals surface area contributed by atoms with Crippen molar-refractivity contribution in [3.63, 3.8) is 0 Å². The summed E-state index contributed by atoms with van der Waals surface area (Å²) < 4.78 is 15.4. The first-order valence-electron chi connectivity index (χ1n) is 7.42. The van der Waals surface area contributed by atoms with Gasteiger partial charge in [0.2, 0.25) is 5.60 Å². The maximum Gasteiger partial charge on any atom is 0.344 e. The summed E-state index contributed by atoms with van der Waals surface area (Å²) in [6, 6.07) is 0. The minimum Gasteiger partial charge on any atom is -0.454 e. The Kier molecular flexibility index (Phi) is 4.35. The molecule has 2 heterocycles. The molecule has 0 amide bonds. The van der Waals surface area contributed by atoms with Crippen molar-refractivity contribution in [2.75, 3.05) is 19.8 Å². The van der Waals surface area contributed by atoms with Gasteiger partial charge in [0.05, 0.1) is 19.8 Å². The number of ether oxygens (including phenoxy) is 3. The summed E-state index contributed by atoms with van der Waals surface area (Å²) >= 11 is 0. The van der Waals surface area contributed by atoms with Crippen LogP contribution in [0, 0.1) is 0 Å². The molecule has 7 N–H and O–H groups in total. The van der Waals surface area contributed by atoms with Crippen molar-refractivity contribution in [2.45, 2.75) is 53.9 Å². The summed E-state index contributed by atoms with van der Waals surface area (Å²) in [7, 11) is 0. The van der Waals surface area contributed by atoms with Crippen LogP contribution in [0.2, 0.25) is 0 Å². The number of carbonyl (C=O) groups is 1. The fraction of sp³-hybridized carbons (Fsp3) is 0.923. The molecule has 11 nitrogen and oxygen atoms in total. The molecule has 0 radical (unpaired) electrons. The highest BCUT2D eigenvalue weighted by Crippen LogP contribution is 2.60. The molecule has 3 rings (SSSR count). The lowest BCUT2D eigenvalue weighted by Crippen LogP contribution is -2.51. The number of rotatable bonds is 4. The molecule has 0 aromatic rings. The number of fused-ring (bicyclic) bond motifs is 1. The molecule has 24 heavy (non-hydrogen) atoms. The van der Waals surface area contributed by atoms with Crippen LogP contribution in [0.25, 0.3) is 0 Å². The van der Waals surface area contributed by atoms with Crippen LogP contribution in [-0.4, -0.2) is 115 Å². The first-order chi connectivity index (χ1) is 11.3. The van der Waals surface area contributed by atoms with E-state index >= 15 is 0 Å². The van der Waals surface area contributed by atoms with Crippen LogP contribution in [0.5, 0.6) is 0 Å². The Hall–Kier alpha value is -0.890. The van der Waals surface area contributed by atoms with Gasteiger partial charge in [-0.1, -0.05) is 0 Å². The summed E-state index contributed by atoms with van der Waals surface area (Å²) in [6.45, 7) is -1.80. The van der Waals surface area contributed by atoms with Gasteiger partial charge in [-0.2, -0.15) is 0 Å². The smallest absolute Gasteiger partial charge is 0.344 e. The van der Waals surface area contributed by atoms with Gasteiger partial charge in [-0.25, -0.2) is 4.79 Å².